The zero-order chi connectivity index (χ0) is 17.7. The number of esters is 1. The second-order valence-electron chi connectivity index (χ2n) is 5.22. The van der Waals surface area contributed by atoms with E-state index >= 15 is 0 Å². The molecule has 1 aliphatic rings. The summed E-state index contributed by atoms with van der Waals surface area (Å²) in [5, 5.41) is 0. The molecule has 0 spiro atoms. The van der Waals surface area contributed by atoms with Gasteiger partial charge in [0, 0.05) is 18.7 Å². The van der Waals surface area contributed by atoms with Gasteiger partial charge in [-0.05, 0) is 13.0 Å². The molecule has 0 saturated carbocycles. The summed E-state index contributed by atoms with van der Waals surface area (Å²) in [7, 11) is 0. The average molecular weight is 346 g/mol. The van der Waals surface area contributed by atoms with Crippen LogP contribution in [0.15, 0.2) is 18.3 Å². The summed E-state index contributed by atoms with van der Waals surface area (Å²) in [6.45, 7) is 2.44. The number of pyridine rings is 1. The van der Waals surface area contributed by atoms with E-state index in [1.54, 1.807) is 6.92 Å². The molecule has 6 nitrogen and oxygen atoms in total. The van der Waals surface area contributed by atoms with E-state index in [-0.39, 0.29) is 44.3 Å². The van der Waals surface area contributed by atoms with Gasteiger partial charge in [-0.3, -0.25) is 9.59 Å². The van der Waals surface area contributed by atoms with Gasteiger partial charge in [0.1, 0.15) is 6.10 Å². The Morgan fingerprint density at radius 3 is 2.67 bits per heavy atom. The number of nitrogens with zero attached hydrogens (tertiary/aromatic N) is 2. The summed E-state index contributed by atoms with van der Waals surface area (Å²) in [4.78, 5) is 28.2. The SMILES string of the molecule is CCOC(=O)CCC(=O)N1CC(Oc2cc(C(F)(F)F)ccn2)C1. The maximum atomic E-state index is 12.6. The standard InChI is InChI=1S/C15H17F3N2O4/c1-2-23-14(22)4-3-13(21)20-8-11(9-20)24-12-7-10(5-6-19-12)15(16,17)18/h5-7,11H,2-4,8-9H2,1H3. The van der Waals surface area contributed by atoms with Crippen LogP contribution in [0.5, 0.6) is 5.88 Å². The van der Waals surface area contributed by atoms with Crippen LogP contribution in [-0.4, -0.2) is 47.6 Å². The zero-order valence-electron chi connectivity index (χ0n) is 13.0. The summed E-state index contributed by atoms with van der Waals surface area (Å²) in [5.41, 5.74) is -0.839. The molecule has 1 saturated heterocycles. The number of carbonyl (C=O) groups is 2. The maximum absolute atomic E-state index is 12.6. The first-order valence-corrected chi connectivity index (χ1v) is 7.43. The number of alkyl halides is 3. The minimum Gasteiger partial charge on any atom is -0.471 e. The van der Waals surface area contributed by atoms with Crippen LogP contribution < -0.4 is 4.74 Å². The van der Waals surface area contributed by atoms with Crippen molar-refractivity contribution in [2.24, 2.45) is 0 Å². The molecule has 24 heavy (non-hydrogen) atoms. The highest BCUT2D eigenvalue weighted by molar-refractivity contribution is 5.82. The fourth-order valence-electron chi connectivity index (χ4n) is 2.14. The molecule has 0 unspecified atom stereocenters. The number of likely N-dealkylation sites (tertiary alicyclic amines) is 1. The highest BCUT2D eigenvalue weighted by Gasteiger charge is 2.34. The normalized spacial score (nSPS) is 14.9. The van der Waals surface area contributed by atoms with E-state index in [0.29, 0.717) is 0 Å². The van der Waals surface area contributed by atoms with Gasteiger partial charge >= 0.3 is 12.1 Å². The molecule has 0 bridgehead atoms. The fourth-order valence-corrected chi connectivity index (χ4v) is 2.14. The molecule has 2 heterocycles. The van der Waals surface area contributed by atoms with Crippen LogP contribution >= 0.6 is 0 Å². The van der Waals surface area contributed by atoms with Crippen molar-refractivity contribution in [3.05, 3.63) is 23.9 Å². The van der Waals surface area contributed by atoms with E-state index in [9.17, 15) is 22.8 Å². The maximum Gasteiger partial charge on any atom is 0.416 e. The van der Waals surface area contributed by atoms with Crippen molar-refractivity contribution in [3.8, 4) is 5.88 Å². The molecule has 0 radical (unpaired) electrons. The third-order valence-electron chi connectivity index (χ3n) is 3.40. The third-order valence-corrected chi connectivity index (χ3v) is 3.40. The van der Waals surface area contributed by atoms with Gasteiger partial charge in [-0.25, -0.2) is 4.98 Å². The molecular formula is C15H17F3N2O4. The lowest BCUT2D eigenvalue weighted by Crippen LogP contribution is -2.56. The molecule has 1 aromatic heterocycles. The van der Waals surface area contributed by atoms with E-state index in [1.807, 2.05) is 0 Å². The zero-order valence-corrected chi connectivity index (χ0v) is 13.0. The Hall–Kier alpha value is -2.32. The predicted molar refractivity (Wildman–Crippen MR) is 76.1 cm³/mol. The van der Waals surface area contributed by atoms with Gasteiger partial charge < -0.3 is 14.4 Å². The van der Waals surface area contributed by atoms with Crippen LogP contribution in [0.1, 0.15) is 25.3 Å². The largest absolute Gasteiger partial charge is 0.471 e. The minimum atomic E-state index is -4.46. The van der Waals surface area contributed by atoms with Gasteiger partial charge in [0.05, 0.1) is 31.7 Å². The highest BCUT2D eigenvalue weighted by atomic mass is 19.4. The number of halogens is 3. The second-order valence-corrected chi connectivity index (χ2v) is 5.22. The Bertz CT molecular complexity index is 601. The minimum absolute atomic E-state index is 0.00385. The summed E-state index contributed by atoms with van der Waals surface area (Å²) in [5.74, 6) is -0.791. The Balaban J connectivity index is 1.77. The summed E-state index contributed by atoms with van der Waals surface area (Å²) in [6.07, 6.45) is -3.81. The number of aromatic nitrogens is 1. The van der Waals surface area contributed by atoms with Gasteiger partial charge in [-0.2, -0.15) is 13.2 Å². The summed E-state index contributed by atoms with van der Waals surface area (Å²) < 4.78 is 47.9. The molecular weight excluding hydrogens is 329 g/mol. The van der Waals surface area contributed by atoms with Crippen molar-refractivity contribution < 1.29 is 32.2 Å². The van der Waals surface area contributed by atoms with Crippen molar-refractivity contribution in [2.45, 2.75) is 32.0 Å². The second kappa shape index (κ2) is 7.50. The monoisotopic (exact) mass is 346 g/mol. The molecule has 0 aromatic carbocycles. The Labute approximate surface area is 136 Å². The van der Waals surface area contributed by atoms with Crippen molar-refractivity contribution in [1.29, 1.82) is 0 Å². The van der Waals surface area contributed by atoms with E-state index in [4.69, 9.17) is 9.47 Å². The molecule has 0 N–H and O–H groups in total. The molecule has 132 valence electrons. The van der Waals surface area contributed by atoms with Crippen molar-refractivity contribution in [1.82, 2.24) is 9.88 Å². The number of rotatable bonds is 6. The molecule has 0 atom stereocenters. The van der Waals surface area contributed by atoms with Crippen LogP contribution in [0.3, 0.4) is 0 Å². The van der Waals surface area contributed by atoms with E-state index in [0.717, 1.165) is 18.3 Å². The Morgan fingerprint density at radius 1 is 1.33 bits per heavy atom. The number of ether oxygens (including phenoxy) is 2. The summed E-state index contributed by atoms with van der Waals surface area (Å²) in [6, 6.07) is 1.68. The first-order chi connectivity index (χ1) is 11.3. The van der Waals surface area contributed by atoms with Crippen LogP contribution in [0.2, 0.25) is 0 Å². The highest BCUT2D eigenvalue weighted by Crippen LogP contribution is 2.31. The topological polar surface area (TPSA) is 68.7 Å². The van der Waals surface area contributed by atoms with Crippen molar-refractivity contribution in [3.63, 3.8) is 0 Å². The van der Waals surface area contributed by atoms with Gasteiger partial charge in [-0.1, -0.05) is 0 Å². The van der Waals surface area contributed by atoms with Crippen LogP contribution in [-0.2, 0) is 20.5 Å². The number of carbonyl (C=O) groups excluding carboxylic acids is 2. The first kappa shape index (κ1) is 18.0. The van der Waals surface area contributed by atoms with Gasteiger partial charge in [-0.15, -0.1) is 0 Å². The molecule has 1 aliphatic heterocycles. The molecule has 1 fully saturated rings. The van der Waals surface area contributed by atoms with Crippen LogP contribution in [0.25, 0.3) is 0 Å². The number of hydrogen-bond donors (Lipinski definition) is 0. The predicted octanol–water partition coefficient (Wildman–Crippen LogP) is 2.03. The smallest absolute Gasteiger partial charge is 0.416 e. The number of amides is 1. The lowest BCUT2D eigenvalue weighted by molar-refractivity contribution is -0.148. The van der Waals surface area contributed by atoms with Crippen LogP contribution in [0, 0.1) is 0 Å². The van der Waals surface area contributed by atoms with Gasteiger partial charge in [0.15, 0.2) is 0 Å². The number of hydrogen-bond acceptors (Lipinski definition) is 5. The van der Waals surface area contributed by atoms with Gasteiger partial charge in [0.2, 0.25) is 11.8 Å². The van der Waals surface area contributed by atoms with E-state index < -0.39 is 23.8 Å². The fraction of sp³-hybridized carbons (Fsp3) is 0.533. The Morgan fingerprint density at radius 2 is 2.04 bits per heavy atom. The van der Waals surface area contributed by atoms with Crippen LogP contribution in [0.4, 0.5) is 13.2 Å². The molecule has 1 aromatic rings. The summed E-state index contributed by atoms with van der Waals surface area (Å²) >= 11 is 0. The van der Waals surface area contributed by atoms with E-state index in [2.05, 4.69) is 4.98 Å². The molecule has 0 aliphatic carbocycles. The van der Waals surface area contributed by atoms with Crippen molar-refractivity contribution in [2.75, 3.05) is 19.7 Å². The van der Waals surface area contributed by atoms with E-state index in [1.165, 1.54) is 4.90 Å². The van der Waals surface area contributed by atoms with Gasteiger partial charge in [0.25, 0.3) is 0 Å². The third kappa shape index (κ3) is 4.84. The Kier molecular flexibility index (Phi) is 5.63. The molecule has 1 amide bonds. The lowest BCUT2D eigenvalue weighted by atomic mass is 10.1. The quantitative estimate of drug-likeness (QED) is 0.738. The molecule has 9 heteroatoms. The van der Waals surface area contributed by atoms with Crippen molar-refractivity contribution >= 4 is 11.9 Å². The average Bonchev–Trinajstić information content (AvgIpc) is 2.48. The molecule has 2 rings (SSSR count). The lowest BCUT2D eigenvalue weighted by Gasteiger charge is -2.38. The first-order valence-electron chi connectivity index (χ1n) is 7.43.